The van der Waals surface area contributed by atoms with Gasteiger partial charge in [-0.1, -0.05) is 13.0 Å². The van der Waals surface area contributed by atoms with Gasteiger partial charge in [-0.15, -0.1) is 0 Å². The van der Waals surface area contributed by atoms with Gasteiger partial charge in [0, 0.05) is 26.7 Å². The largest absolute Gasteiger partial charge is 0.495 e. The predicted molar refractivity (Wildman–Crippen MR) is 106 cm³/mol. The summed E-state index contributed by atoms with van der Waals surface area (Å²) in [5.41, 5.74) is 2.15. The molecule has 1 aromatic carbocycles. The summed E-state index contributed by atoms with van der Waals surface area (Å²) >= 11 is 0. The summed E-state index contributed by atoms with van der Waals surface area (Å²) in [4.78, 5) is 33.2. The second-order valence-electron chi connectivity index (χ2n) is 8.04. The van der Waals surface area contributed by atoms with Gasteiger partial charge in [-0.3, -0.25) is 19.9 Å². The predicted octanol–water partition coefficient (Wildman–Crippen LogP) is 1.26. The van der Waals surface area contributed by atoms with Crippen molar-refractivity contribution in [2.75, 3.05) is 38.7 Å². The highest BCUT2D eigenvalue weighted by molar-refractivity contribution is 6.00. The first kappa shape index (κ1) is 19.0. The van der Waals surface area contributed by atoms with Crippen molar-refractivity contribution in [1.29, 1.82) is 0 Å². The molecule has 1 N–H and O–H groups in total. The van der Waals surface area contributed by atoms with Crippen LogP contribution in [-0.4, -0.2) is 78.9 Å². The van der Waals surface area contributed by atoms with Crippen LogP contribution in [0.25, 0.3) is 0 Å². The number of amides is 3. The lowest BCUT2D eigenvalue weighted by molar-refractivity contribution is -0.138. The average molecular weight is 387 g/mol. The minimum absolute atomic E-state index is 0.115. The SMILES string of the molecule is CCN1C(=O)C2C(NC3N(c4cc(C)ccc4OC)CC(C)CN23)N(C)C1=O. The molecule has 0 radical (unpaired) electrons. The van der Waals surface area contributed by atoms with Crippen molar-refractivity contribution in [2.24, 2.45) is 5.92 Å². The maximum Gasteiger partial charge on any atom is 0.327 e. The van der Waals surface area contributed by atoms with Crippen LogP contribution in [0.3, 0.4) is 0 Å². The van der Waals surface area contributed by atoms with Crippen LogP contribution in [0.4, 0.5) is 10.5 Å². The van der Waals surface area contributed by atoms with E-state index in [0.717, 1.165) is 30.1 Å². The Balaban J connectivity index is 1.74. The summed E-state index contributed by atoms with van der Waals surface area (Å²) in [6.07, 6.45) is -0.505. The van der Waals surface area contributed by atoms with E-state index in [1.54, 1.807) is 19.1 Å². The molecule has 0 aliphatic carbocycles. The lowest BCUT2D eigenvalue weighted by Crippen LogP contribution is -2.66. The minimum atomic E-state index is -0.381. The van der Waals surface area contributed by atoms with Crippen molar-refractivity contribution in [3.05, 3.63) is 23.8 Å². The normalized spacial score (nSPS) is 30.5. The van der Waals surface area contributed by atoms with Crippen LogP contribution in [-0.2, 0) is 4.79 Å². The maximum absolute atomic E-state index is 13.1. The number of rotatable bonds is 3. The number of carbonyl (C=O) groups excluding carboxylic acids is 2. The molecule has 4 unspecified atom stereocenters. The van der Waals surface area contributed by atoms with Gasteiger partial charge in [0.25, 0.3) is 5.91 Å². The van der Waals surface area contributed by atoms with E-state index in [0.29, 0.717) is 12.5 Å². The number of anilines is 1. The number of ether oxygens (including phenoxy) is 1. The average Bonchev–Trinajstić information content (AvgIpc) is 3.05. The van der Waals surface area contributed by atoms with Crippen molar-refractivity contribution >= 4 is 17.6 Å². The molecule has 3 amide bonds. The van der Waals surface area contributed by atoms with Gasteiger partial charge in [-0.2, -0.15) is 0 Å². The van der Waals surface area contributed by atoms with Crippen molar-refractivity contribution in [1.82, 2.24) is 20.0 Å². The van der Waals surface area contributed by atoms with E-state index < -0.39 is 0 Å². The zero-order chi connectivity index (χ0) is 20.2. The fraction of sp³-hybridized carbons (Fsp3) is 0.600. The lowest BCUT2D eigenvalue weighted by atomic mass is 10.0. The highest BCUT2D eigenvalue weighted by Gasteiger charge is 2.56. The van der Waals surface area contributed by atoms with Crippen LogP contribution in [0.15, 0.2) is 18.2 Å². The fourth-order valence-electron chi connectivity index (χ4n) is 4.72. The molecule has 4 atom stereocenters. The summed E-state index contributed by atoms with van der Waals surface area (Å²) in [6, 6.07) is 5.51. The van der Waals surface area contributed by atoms with Gasteiger partial charge >= 0.3 is 6.03 Å². The van der Waals surface area contributed by atoms with Gasteiger partial charge in [-0.05, 0) is 37.5 Å². The van der Waals surface area contributed by atoms with E-state index in [1.807, 2.05) is 19.1 Å². The number of aryl methyl sites for hydroxylation is 1. The second kappa shape index (κ2) is 6.93. The highest BCUT2D eigenvalue weighted by Crippen LogP contribution is 2.38. The van der Waals surface area contributed by atoms with Crippen molar-refractivity contribution in [3.63, 3.8) is 0 Å². The molecule has 0 aromatic heterocycles. The Kier molecular flexibility index (Phi) is 4.71. The number of carbonyl (C=O) groups is 2. The minimum Gasteiger partial charge on any atom is -0.495 e. The van der Waals surface area contributed by atoms with E-state index >= 15 is 0 Å². The molecule has 8 heteroatoms. The number of fused-ring (bicyclic) bond motifs is 3. The van der Waals surface area contributed by atoms with Gasteiger partial charge in [0.2, 0.25) is 0 Å². The Morgan fingerprint density at radius 1 is 1.25 bits per heavy atom. The lowest BCUT2D eigenvalue weighted by Gasteiger charge is -2.46. The Hall–Kier alpha value is -2.32. The van der Waals surface area contributed by atoms with E-state index in [9.17, 15) is 9.59 Å². The number of nitrogens with zero attached hydrogens (tertiary/aromatic N) is 4. The van der Waals surface area contributed by atoms with Crippen molar-refractivity contribution in [2.45, 2.75) is 39.3 Å². The topological polar surface area (TPSA) is 68.4 Å². The van der Waals surface area contributed by atoms with E-state index in [1.165, 1.54) is 4.90 Å². The first-order chi connectivity index (χ1) is 13.4. The third kappa shape index (κ3) is 2.74. The van der Waals surface area contributed by atoms with Crippen LogP contribution in [0.5, 0.6) is 5.75 Å². The highest BCUT2D eigenvalue weighted by atomic mass is 16.5. The number of imide groups is 1. The Morgan fingerprint density at radius 2 is 2.00 bits per heavy atom. The first-order valence-electron chi connectivity index (χ1n) is 9.88. The zero-order valence-electron chi connectivity index (χ0n) is 17.2. The molecule has 0 saturated carbocycles. The first-order valence-corrected chi connectivity index (χ1v) is 9.88. The number of hydrogen-bond donors (Lipinski definition) is 1. The molecule has 0 spiro atoms. The molecule has 152 valence electrons. The third-order valence-corrected chi connectivity index (χ3v) is 6.05. The van der Waals surface area contributed by atoms with Crippen molar-refractivity contribution in [3.8, 4) is 5.75 Å². The van der Waals surface area contributed by atoms with Crippen LogP contribution >= 0.6 is 0 Å². The summed E-state index contributed by atoms with van der Waals surface area (Å²) in [5, 5.41) is 3.54. The molecule has 3 fully saturated rings. The Bertz CT molecular complexity index is 800. The van der Waals surface area contributed by atoms with Crippen LogP contribution in [0, 0.1) is 12.8 Å². The molecule has 1 aromatic rings. The molecular weight excluding hydrogens is 358 g/mol. The van der Waals surface area contributed by atoms with Gasteiger partial charge in [0.15, 0.2) is 0 Å². The Morgan fingerprint density at radius 3 is 2.68 bits per heavy atom. The number of hydrogen-bond acceptors (Lipinski definition) is 6. The van der Waals surface area contributed by atoms with Gasteiger partial charge in [-0.25, -0.2) is 4.79 Å². The number of urea groups is 1. The van der Waals surface area contributed by atoms with Gasteiger partial charge in [0.1, 0.15) is 24.2 Å². The molecule has 8 nitrogen and oxygen atoms in total. The maximum atomic E-state index is 13.1. The van der Waals surface area contributed by atoms with Gasteiger partial charge < -0.3 is 14.5 Å². The summed E-state index contributed by atoms with van der Waals surface area (Å²) < 4.78 is 5.62. The molecule has 4 rings (SSSR count). The molecule has 3 heterocycles. The van der Waals surface area contributed by atoms with Crippen LogP contribution in [0.2, 0.25) is 0 Å². The number of methoxy groups -OCH3 is 1. The van der Waals surface area contributed by atoms with E-state index in [4.69, 9.17) is 4.74 Å². The van der Waals surface area contributed by atoms with E-state index in [2.05, 4.69) is 35.0 Å². The van der Waals surface area contributed by atoms with Gasteiger partial charge in [0.05, 0.1) is 12.8 Å². The van der Waals surface area contributed by atoms with Crippen molar-refractivity contribution < 1.29 is 14.3 Å². The smallest absolute Gasteiger partial charge is 0.327 e. The molecular formula is C20H29N5O3. The third-order valence-electron chi connectivity index (χ3n) is 6.05. The molecule has 0 bridgehead atoms. The van der Waals surface area contributed by atoms with Crippen LogP contribution in [0.1, 0.15) is 19.4 Å². The van der Waals surface area contributed by atoms with Crippen LogP contribution < -0.4 is 15.0 Å². The fourth-order valence-corrected chi connectivity index (χ4v) is 4.72. The quantitative estimate of drug-likeness (QED) is 0.842. The number of likely N-dealkylation sites (N-methyl/N-ethyl adjacent to an activating group) is 2. The standard InChI is InChI=1S/C20H29N5O3/c1-6-23-18(26)16-17(22(4)20(23)27)21-19-24(10-13(3)11-25(16)19)14-9-12(2)7-8-15(14)28-5/h7-9,13,16-17,19,21H,6,10-11H2,1-5H3. The second-order valence-corrected chi connectivity index (χ2v) is 8.04. The number of benzene rings is 1. The Labute approximate surface area is 166 Å². The molecule has 28 heavy (non-hydrogen) atoms. The summed E-state index contributed by atoms with van der Waals surface area (Å²) in [7, 11) is 3.44. The number of nitrogens with one attached hydrogen (secondary N) is 1. The monoisotopic (exact) mass is 387 g/mol. The molecule has 3 aliphatic heterocycles. The molecule has 3 saturated heterocycles. The molecule has 3 aliphatic rings. The summed E-state index contributed by atoms with van der Waals surface area (Å²) in [5.74, 6) is 1.06. The van der Waals surface area contributed by atoms with E-state index in [-0.39, 0.29) is 30.4 Å². The zero-order valence-corrected chi connectivity index (χ0v) is 17.2. The summed E-state index contributed by atoms with van der Waals surface area (Å²) in [6.45, 7) is 8.12.